The summed E-state index contributed by atoms with van der Waals surface area (Å²) < 4.78 is 11.0. The van der Waals surface area contributed by atoms with Crippen LogP contribution >= 0.6 is 11.6 Å². The summed E-state index contributed by atoms with van der Waals surface area (Å²) in [7, 11) is 0. The van der Waals surface area contributed by atoms with Crippen LogP contribution in [-0.2, 0) is 14.3 Å². The second-order valence-electron chi connectivity index (χ2n) is 6.12. The van der Waals surface area contributed by atoms with Crippen LogP contribution < -0.4 is 9.64 Å². The summed E-state index contributed by atoms with van der Waals surface area (Å²) in [6, 6.07) is 16.1. The summed E-state index contributed by atoms with van der Waals surface area (Å²) >= 11 is 6.20. The van der Waals surface area contributed by atoms with Gasteiger partial charge < -0.3 is 14.4 Å². The molecule has 2 aromatic carbocycles. The molecule has 2 aliphatic rings. The first-order valence-electron chi connectivity index (χ1n) is 8.59. The summed E-state index contributed by atoms with van der Waals surface area (Å²) in [6.07, 6.45) is 0. The molecule has 2 aromatic rings. The maximum Gasteiger partial charge on any atom is 0.283 e. The van der Waals surface area contributed by atoms with Gasteiger partial charge in [0.25, 0.3) is 11.8 Å². The predicted molar refractivity (Wildman–Crippen MR) is 101 cm³/mol. The Morgan fingerprint density at radius 3 is 2.15 bits per heavy atom. The number of nitrogens with zero attached hydrogens (tertiary/aromatic N) is 2. The molecule has 0 atom stereocenters. The minimum atomic E-state index is -0.514. The van der Waals surface area contributed by atoms with Crippen molar-refractivity contribution >= 4 is 29.1 Å². The number of amides is 2. The summed E-state index contributed by atoms with van der Waals surface area (Å²) in [5, 5.41) is -0.0495. The maximum absolute atomic E-state index is 12.9. The van der Waals surface area contributed by atoms with Crippen LogP contribution in [-0.4, -0.2) is 43.0 Å². The number of morpholine rings is 1. The van der Waals surface area contributed by atoms with E-state index in [1.54, 1.807) is 29.2 Å². The average molecular weight is 385 g/mol. The zero-order valence-electron chi connectivity index (χ0n) is 14.4. The molecule has 27 heavy (non-hydrogen) atoms. The number of para-hydroxylation sites is 1. The maximum atomic E-state index is 12.9. The third-order valence-electron chi connectivity index (χ3n) is 4.41. The third kappa shape index (κ3) is 3.41. The Morgan fingerprint density at radius 2 is 1.48 bits per heavy atom. The molecule has 1 saturated heterocycles. The number of rotatable bonds is 4. The molecule has 7 heteroatoms. The van der Waals surface area contributed by atoms with E-state index in [1.807, 2.05) is 30.3 Å². The first kappa shape index (κ1) is 17.6. The normalized spacial score (nSPS) is 17.7. The lowest BCUT2D eigenvalue weighted by Crippen LogP contribution is -2.40. The van der Waals surface area contributed by atoms with Gasteiger partial charge >= 0.3 is 0 Å². The number of halogens is 1. The zero-order chi connectivity index (χ0) is 18.8. The van der Waals surface area contributed by atoms with Crippen LogP contribution in [0.3, 0.4) is 0 Å². The Labute approximate surface area is 161 Å². The Kier molecular flexibility index (Phi) is 4.83. The molecule has 0 bridgehead atoms. The molecule has 0 spiro atoms. The van der Waals surface area contributed by atoms with E-state index < -0.39 is 11.8 Å². The van der Waals surface area contributed by atoms with E-state index in [2.05, 4.69) is 0 Å². The van der Waals surface area contributed by atoms with Gasteiger partial charge in [-0.05, 0) is 36.4 Å². The zero-order valence-corrected chi connectivity index (χ0v) is 15.2. The quantitative estimate of drug-likeness (QED) is 0.758. The van der Waals surface area contributed by atoms with Gasteiger partial charge in [0.15, 0.2) is 0 Å². The monoisotopic (exact) mass is 384 g/mol. The number of hydrogen-bond acceptors (Lipinski definition) is 5. The van der Waals surface area contributed by atoms with E-state index in [9.17, 15) is 9.59 Å². The molecule has 138 valence electrons. The van der Waals surface area contributed by atoms with E-state index in [1.165, 1.54) is 0 Å². The van der Waals surface area contributed by atoms with Crippen molar-refractivity contribution in [1.82, 2.24) is 4.90 Å². The molecule has 2 heterocycles. The van der Waals surface area contributed by atoms with E-state index >= 15 is 0 Å². The SMILES string of the molecule is O=C1C(Cl)=C(N2CCOCC2)C(=O)N1c1ccc(Oc2ccccc2)cc1. The van der Waals surface area contributed by atoms with Gasteiger partial charge in [-0.15, -0.1) is 0 Å². The summed E-state index contributed by atoms with van der Waals surface area (Å²) in [4.78, 5) is 28.3. The van der Waals surface area contributed by atoms with E-state index in [0.717, 1.165) is 4.90 Å². The van der Waals surface area contributed by atoms with Gasteiger partial charge in [0, 0.05) is 13.1 Å². The fourth-order valence-electron chi connectivity index (χ4n) is 3.07. The first-order chi connectivity index (χ1) is 13.1. The fraction of sp³-hybridized carbons (Fsp3) is 0.200. The largest absolute Gasteiger partial charge is 0.457 e. The van der Waals surface area contributed by atoms with Crippen LogP contribution in [0.15, 0.2) is 65.3 Å². The van der Waals surface area contributed by atoms with Crippen LogP contribution in [0.1, 0.15) is 0 Å². The number of carbonyl (C=O) groups excluding carboxylic acids is 2. The number of hydrogen-bond donors (Lipinski definition) is 0. The molecule has 1 fully saturated rings. The molecule has 2 amide bonds. The van der Waals surface area contributed by atoms with E-state index in [0.29, 0.717) is 43.5 Å². The Hall–Kier alpha value is -2.83. The summed E-state index contributed by atoms with van der Waals surface area (Å²) in [6.45, 7) is 2.06. The second-order valence-corrected chi connectivity index (χ2v) is 6.49. The van der Waals surface area contributed by atoms with Gasteiger partial charge in [-0.1, -0.05) is 29.8 Å². The highest BCUT2D eigenvalue weighted by Gasteiger charge is 2.41. The van der Waals surface area contributed by atoms with Crippen molar-refractivity contribution in [1.29, 1.82) is 0 Å². The number of benzene rings is 2. The Balaban J connectivity index is 1.53. The van der Waals surface area contributed by atoms with Gasteiger partial charge in [-0.3, -0.25) is 9.59 Å². The van der Waals surface area contributed by atoms with Crippen molar-refractivity contribution in [3.8, 4) is 11.5 Å². The lowest BCUT2D eigenvalue weighted by atomic mass is 10.2. The van der Waals surface area contributed by atoms with Crippen molar-refractivity contribution < 1.29 is 19.1 Å². The second kappa shape index (κ2) is 7.42. The van der Waals surface area contributed by atoms with Gasteiger partial charge in [0.1, 0.15) is 22.2 Å². The molecule has 0 unspecified atom stereocenters. The highest BCUT2D eigenvalue weighted by atomic mass is 35.5. The topological polar surface area (TPSA) is 59.1 Å². The molecule has 0 N–H and O–H groups in total. The van der Waals surface area contributed by atoms with E-state index in [-0.39, 0.29) is 10.7 Å². The third-order valence-corrected chi connectivity index (χ3v) is 4.75. The number of ether oxygens (including phenoxy) is 2. The Morgan fingerprint density at radius 1 is 0.852 bits per heavy atom. The molecule has 6 nitrogen and oxygen atoms in total. The minimum Gasteiger partial charge on any atom is -0.457 e. The number of anilines is 1. The molecule has 0 radical (unpaired) electrons. The lowest BCUT2D eigenvalue weighted by Gasteiger charge is -2.29. The van der Waals surface area contributed by atoms with Crippen LogP contribution in [0.2, 0.25) is 0 Å². The van der Waals surface area contributed by atoms with Crippen LogP contribution in [0.4, 0.5) is 5.69 Å². The van der Waals surface area contributed by atoms with Crippen molar-refractivity contribution in [2.75, 3.05) is 31.2 Å². The molecule has 0 aromatic heterocycles. The van der Waals surface area contributed by atoms with Gasteiger partial charge in [0.05, 0.1) is 18.9 Å². The Bertz CT molecular complexity index is 890. The summed E-state index contributed by atoms with van der Waals surface area (Å²) in [5.74, 6) is 0.387. The van der Waals surface area contributed by atoms with Crippen molar-refractivity contribution in [2.24, 2.45) is 0 Å². The first-order valence-corrected chi connectivity index (χ1v) is 8.97. The van der Waals surface area contributed by atoms with Crippen molar-refractivity contribution in [3.05, 3.63) is 65.3 Å². The van der Waals surface area contributed by atoms with Gasteiger partial charge in [-0.25, -0.2) is 4.90 Å². The van der Waals surface area contributed by atoms with Crippen LogP contribution in [0, 0.1) is 0 Å². The van der Waals surface area contributed by atoms with Gasteiger partial charge in [-0.2, -0.15) is 0 Å². The van der Waals surface area contributed by atoms with Gasteiger partial charge in [0.2, 0.25) is 0 Å². The standard InChI is InChI=1S/C20H17ClN2O4/c21-17-18(22-10-12-26-13-11-22)20(25)23(19(17)24)14-6-8-16(9-7-14)27-15-4-2-1-3-5-15/h1-9H,10-13H2. The van der Waals surface area contributed by atoms with Crippen LogP contribution in [0.25, 0.3) is 0 Å². The minimum absolute atomic E-state index is 0.0495. The smallest absolute Gasteiger partial charge is 0.283 e. The molecule has 0 aliphatic carbocycles. The number of carbonyl (C=O) groups is 2. The number of imide groups is 1. The summed E-state index contributed by atoms with van der Waals surface area (Å²) in [5.41, 5.74) is 0.696. The molecule has 0 saturated carbocycles. The fourth-order valence-corrected chi connectivity index (χ4v) is 3.36. The highest BCUT2D eigenvalue weighted by molar-refractivity contribution is 6.52. The van der Waals surface area contributed by atoms with Crippen LogP contribution in [0.5, 0.6) is 11.5 Å². The molecular weight excluding hydrogens is 368 g/mol. The predicted octanol–water partition coefficient (Wildman–Crippen LogP) is 3.13. The molecule has 4 rings (SSSR count). The van der Waals surface area contributed by atoms with Crippen molar-refractivity contribution in [3.63, 3.8) is 0 Å². The van der Waals surface area contributed by atoms with E-state index in [4.69, 9.17) is 21.1 Å². The lowest BCUT2D eigenvalue weighted by molar-refractivity contribution is -0.121. The van der Waals surface area contributed by atoms with Crippen molar-refractivity contribution in [2.45, 2.75) is 0 Å². The average Bonchev–Trinajstić information content (AvgIpc) is 2.93. The molecule has 2 aliphatic heterocycles. The highest BCUT2D eigenvalue weighted by Crippen LogP contribution is 2.32. The molecular formula is C20H17ClN2O4.